The van der Waals surface area contributed by atoms with E-state index in [1.165, 1.54) is 12.1 Å². The van der Waals surface area contributed by atoms with Crippen molar-refractivity contribution < 1.29 is 10.2 Å². The molecule has 2 nitrogen and oxygen atoms in total. The predicted octanol–water partition coefficient (Wildman–Crippen LogP) is 2.40. The van der Waals surface area contributed by atoms with Gasteiger partial charge in [-0.2, -0.15) is 0 Å². The van der Waals surface area contributed by atoms with Crippen molar-refractivity contribution in [1.82, 2.24) is 0 Å². The Bertz CT molecular complexity index is 210. The molecule has 0 saturated carbocycles. The molecular formula is C6H4Cl2O2. The van der Waals surface area contributed by atoms with E-state index in [-0.39, 0.29) is 21.5 Å². The van der Waals surface area contributed by atoms with Crippen molar-refractivity contribution in [3.63, 3.8) is 0 Å². The highest BCUT2D eigenvalue weighted by Crippen LogP contribution is 2.33. The summed E-state index contributed by atoms with van der Waals surface area (Å²) in [7, 11) is 0. The molecule has 10 heavy (non-hydrogen) atoms. The molecule has 0 bridgehead atoms. The van der Waals surface area contributed by atoms with Crippen molar-refractivity contribution in [2.24, 2.45) is 0 Å². The van der Waals surface area contributed by atoms with E-state index >= 15 is 0 Å². The largest absolute Gasteiger partial charge is 0.506 e. The number of hydrogen-bond acceptors (Lipinski definition) is 2. The molecule has 54 valence electrons. The zero-order chi connectivity index (χ0) is 7.72. The summed E-state index contributed by atoms with van der Waals surface area (Å²) in [5.74, 6) is -0.270. The van der Waals surface area contributed by atoms with Crippen LogP contribution in [0.1, 0.15) is 0 Å². The summed E-state index contributed by atoms with van der Waals surface area (Å²) in [6, 6.07) is 2.36. The monoisotopic (exact) mass is 178 g/mol. The van der Waals surface area contributed by atoms with Gasteiger partial charge < -0.3 is 10.2 Å². The maximum atomic E-state index is 8.90. The molecular weight excluding hydrogens is 175 g/mol. The normalized spacial score (nSPS) is 9.80. The third kappa shape index (κ3) is 1.28. The lowest BCUT2D eigenvalue weighted by atomic mass is 10.3. The van der Waals surface area contributed by atoms with Crippen LogP contribution in [0.4, 0.5) is 0 Å². The summed E-state index contributed by atoms with van der Waals surface area (Å²) in [5, 5.41) is 18.0. The van der Waals surface area contributed by atoms with E-state index in [0.29, 0.717) is 0 Å². The van der Waals surface area contributed by atoms with Crippen LogP contribution in [0.15, 0.2) is 12.1 Å². The first kappa shape index (κ1) is 7.51. The standard InChI is InChI=1S/C6H4Cl2O2/c7-3-1-5(9)4(8)2-6(3)10/h1-2,9-10H. The topological polar surface area (TPSA) is 40.5 Å². The van der Waals surface area contributed by atoms with Crippen molar-refractivity contribution in [3.05, 3.63) is 22.2 Å². The van der Waals surface area contributed by atoms with Crippen LogP contribution in [0.5, 0.6) is 11.5 Å². The van der Waals surface area contributed by atoms with Gasteiger partial charge in [-0.25, -0.2) is 0 Å². The second kappa shape index (κ2) is 2.56. The number of halogens is 2. The van der Waals surface area contributed by atoms with Gasteiger partial charge in [-0.05, 0) is 0 Å². The summed E-state index contributed by atoms with van der Waals surface area (Å²) >= 11 is 10.8. The molecule has 2 N–H and O–H groups in total. The maximum Gasteiger partial charge on any atom is 0.135 e. The summed E-state index contributed by atoms with van der Waals surface area (Å²) in [4.78, 5) is 0. The number of hydrogen-bond donors (Lipinski definition) is 2. The molecule has 0 aliphatic carbocycles. The van der Waals surface area contributed by atoms with Crippen LogP contribution in [-0.4, -0.2) is 10.2 Å². The van der Waals surface area contributed by atoms with Crippen molar-refractivity contribution >= 4 is 23.2 Å². The summed E-state index contributed by atoms with van der Waals surface area (Å²) < 4.78 is 0. The molecule has 0 unspecified atom stereocenters. The van der Waals surface area contributed by atoms with Crippen molar-refractivity contribution in [1.29, 1.82) is 0 Å². The molecule has 0 heterocycles. The molecule has 0 aromatic heterocycles. The lowest BCUT2D eigenvalue weighted by molar-refractivity contribution is 0.460. The van der Waals surface area contributed by atoms with Gasteiger partial charge in [0, 0.05) is 12.1 Å². The number of phenols is 2. The van der Waals surface area contributed by atoms with E-state index in [9.17, 15) is 0 Å². The van der Waals surface area contributed by atoms with E-state index in [1.807, 2.05) is 0 Å². The van der Waals surface area contributed by atoms with Gasteiger partial charge in [0.05, 0.1) is 10.0 Å². The lowest BCUT2D eigenvalue weighted by Crippen LogP contribution is -1.70. The van der Waals surface area contributed by atoms with Gasteiger partial charge in [-0.15, -0.1) is 0 Å². The fourth-order valence-corrected chi connectivity index (χ4v) is 0.842. The Morgan fingerprint density at radius 2 is 1.20 bits per heavy atom. The van der Waals surface area contributed by atoms with Gasteiger partial charge in [0.1, 0.15) is 11.5 Å². The van der Waals surface area contributed by atoms with Crippen LogP contribution < -0.4 is 0 Å². The molecule has 0 aliphatic heterocycles. The van der Waals surface area contributed by atoms with Gasteiger partial charge in [0.15, 0.2) is 0 Å². The van der Waals surface area contributed by atoms with Crippen LogP contribution in [-0.2, 0) is 0 Å². The van der Waals surface area contributed by atoms with Crippen molar-refractivity contribution in [2.75, 3.05) is 0 Å². The minimum atomic E-state index is -0.135. The Labute approximate surface area is 67.6 Å². The van der Waals surface area contributed by atoms with Crippen LogP contribution >= 0.6 is 23.2 Å². The van der Waals surface area contributed by atoms with Gasteiger partial charge in [0.2, 0.25) is 0 Å². The molecule has 0 amide bonds. The molecule has 0 fully saturated rings. The van der Waals surface area contributed by atoms with Crippen LogP contribution in [0.3, 0.4) is 0 Å². The first-order valence-electron chi connectivity index (χ1n) is 2.48. The number of phenolic OH excluding ortho intramolecular Hbond substituents is 2. The fourth-order valence-electron chi connectivity index (χ4n) is 0.526. The average molecular weight is 179 g/mol. The Kier molecular flexibility index (Phi) is 1.92. The summed E-state index contributed by atoms with van der Waals surface area (Å²) in [6.45, 7) is 0. The Balaban J connectivity index is 3.28. The number of benzene rings is 1. The zero-order valence-electron chi connectivity index (χ0n) is 4.81. The second-order valence-electron chi connectivity index (χ2n) is 1.76. The zero-order valence-corrected chi connectivity index (χ0v) is 6.32. The molecule has 0 aliphatic rings. The number of rotatable bonds is 0. The molecule has 1 aromatic carbocycles. The Morgan fingerprint density at radius 1 is 0.900 bits per heavy atom. The SMILES string of the molecule is Oc1cc(Cl)c(O)cc1Cl. The van der Waals surface area contributed by atoms with Crippen molar-refractivity contribution in [3.8, 4) is 11.5 Å². The highest BCUT2D eigenvalue weighted by atomic mass is 35.5. The third-order valence-electron chi connectivity index (χ3n) is 1.02. The second-order valence-corrected chi connectivity index (χ2v) is 2.57. The van der Waals surface area contributed by atoms with Crippen molar-refractivity contribution in [2.45, 2.75) is 0 Å². The van der Waals surface area contributed by atoms with Gasteiger partial charge in [0.25, 0.3) is 0 Å². The molecule has 0 saturated heterocycles. The van der Waals surface area contributed by atoms with E-state index in [2.05, 4.69) is 0 Å². The fraction of sp³-hybridized carbons (Fsp3) is 0. The minimum absolute atomic E-state index is 0.0851. The van der Waals surface area contributed by atoms with E-state index < -0.39 is 0 Å². The van der Waals surface area contributed by atoms with Crippen LogP contribution in [0.2, 0.25) is 10.0 Å². The number of aromatic hydroxyl groups is 2. The summed E-state index contributed by atoms with van der Waals surface area (Å²) in [6.07, 6.45) is 0. The maximum absolute atomic E-state index is 8.90. The Morgan fingerprint density at radius 3 is 1.50 bits per heavy atom. The minimum Gasteiger partial charge on any atom is -0.506 e. The van der Waals surface area contributed by atoms with E-state index in [4.69, 9.17) is 33.4 Å². The Hall–Kier alpha value is -0.600. The third-order valence-corrected chi connectivity index (χ3v) is 1.62. The molecule has 0 atom stereocenters. The highest BCUT2D eigenvalue weighted by Gasteiger charge is 2.03. The van der Waals surface area contributed by atoms with E-state index in [1.54, 1.807) is 0 Å². The average Bonchev–Trinajstić information content (AvgIpc) is 1.84. The highest BCUT2D eigenvalue weighted by molar-refractivity contribution is 6.35. The smallest absolute Gasteiger partial charge is 0.135 e. The van der Waals surface area contributed by atoms with Gasteiger partial charge in [-0.1, -0.05) is 23.2 Å². The molecule has 1 rings (SSSR count). The lowest BCUT2D eigenvalue weighted by Gasteiger charge is -1.98. The molecule has 1 aromatic rings. The molecule has 0 radical (unpaired) electrons. The van der Waals surface area contributed by atoms with Crippen LogP contribution in [0.25, 0.3) is 0 Å². The van der Waals surface area contributed by atoms with E-state index in [0.717, 1.165) is 0 Å². The van der Waals surface area contributed by atoms with Crippen LogP contribution in [0, 0.1) is 0 Å². The van der Waals surface area contributed by atoms with Gasteiger partial charge >= 0.3 is 0 Å². The predicted molar refractivity (Wildman–Crippen MR) is 39.8 cm³/mol. The first-order valence-corrected chi connectivity index (χ1v) is 3.24. The quantitative estimate of drug-likeness (QED) is 0.600. The first-order chi connectivity index (χ1) is 4.61. The molecule has 0 spiro atoms. The summed E-state index contributed by atoms with van der Waals surface area (Å²) in [5.41, 5.74) is 0. The molecule has 4 heteroatoms. The van der Waals surface area contributed by atoms with Gasteiger partial charge in [-0.3, -0.25) is 0 Å².